The van der Waals surface area contributed by atoms with E-state index in [1.807, 2.05) is 6.92 Å². The molecule has 1 aromatic rings. The Kier molecular flexibility index (Phi) is 5.00. The molecule has 0 fully saturated rings. The van der Waals surface area contributed by atoms with Crippen molar-refractivity contribution in [2.45, 2.75) is 32.6 Å². The fourth-order valence-electron chi connectivity index (χ4n) is 1.72. The van der Waals surface area contributed by atoms with Gasteiger partial charge >= 0.3 is 0 Å². The Hall–Kier alpha value is -1.03. The van der Waals surface area contributed by atoms with Gasteiger partial charge in [0.2, 0.25) is 0 Å². The molecule has 0 radical (unpaired) electrons. The number of amides is 1. The van der Waals surface area contributed by atoms with Crippen LogP contribution in [0.2, 0.25) is 0 Å². The number of aryl methyl sites for hydroxylation is 2. The Morgan fingerprint density at radius 2 is 2.24 bits per heavy atom. The molecule has 1 aromatic heterocycles. The number of hydrogen-bond acceptors (Lipinski definition) is 2. The third kappa shape index (κ3) is 4.38. The summed E-state index contributed by atoms with van der Waals surface area (Å²) in [6.45, 7) is 6.54. The van der Waals surface area contributed by atoms with E-state index in [0.717, 1.165) is 12.1 Å². The van der Waals surface area contributed by atoms with Crippen molar-refractivity contribution in [2.75, 3.05) is 6.54 Å². The lowest BCUT2D eigenvalue weighted by molar-refractivity contribution is 0.0952. The fourth-order valence-corrected chi connectivity index (χ4v) is 2.15. The zero-order valence-electron chi connectivity index (χ0n) is 10.8. The molecule has 0 bridgehead atoms. The number of carbonyl (C=O) groups is 1. The number of rotatable bonds is 5. The summed E-state index contributed by atoms with van der Waals surface area (Å²) in [6, 6.07) is 0. The van der Waals surface area contributed by atoms with Crippen LogP contribution in [0, 0.1) is 12.8 Å². The number of hydrogen-bond donors (Lipinski definition) is 1. The number of aromatic nitrogens is 2. The maximum absolute atomic E-state index is 11.8. The van der Waals surface area contributed by atoms with Crippen LogP contribution in [0.5, 0.6) is 0 Å². The zero-order chi connectivity index (χ0) is 13.0. The predicted octanol–water partition coefficient (Wildman–Crippen LogP) is 2.11. The van der Waals surface area contributed by atoms with Crippen molar-refractivity contribution in [2.24, 2.45) is 13.0 Å². The molecule has 96 valence electrons. The minimum Gasteiger partial charge on any atom is -0.350 e. The molecular weight excluding hydrogens is 238 g/mol. The molecule has 0 aliphatic carbocycles. The lowest BCUT2D eigenvalue weighted by atomic mass is 10.1. The van der Waals surface area contributed by atoms with Gasteiger partial charge in [0.1, 0.15) is 0 Å². The van der Waals surface area contributed by atoms with Crippen molar-refractivity contribution in [3.63, 3.8) is 0 Å². The van der Waals surface area contributed by atoms with Crippen LogP contribution in [0.25, 0.3) is 0 Å². The van der Waals surface area contributed by atoms with E-state index in [1.54, 1.807) is 17.9 Å². The largest absolute Gasteiger partial charge is 0.350 e. The number of halogens is 1. The van der Waals surface area contributed by atoms with Crippen LogP contribution in [-0.2, 0) is 7.05 Å². The predicted molar refractivity (Wildman–Crippen MR) is 69.4 cm³/mol. The van der Waals surface area contributed by atoms with E-state index in [9.17, 15) is 4.79 Å². The van der Waals surface area contributed by atoms with Gasteiger partial charge < -0.3 is 5.32 Å². The molecule has 1 amide bonds. The van der Waals surface area contributed by atoms with Crippen LogP contribution in [0.4, 0.5) is 0 Å². The molecule has 0 aliphatic heterocycles. The van der Waals surface area contributed by atoms with Crippen molar-refractivity contribution >= 4 is 17.5 Å². The van der Waals surface area contributed by atoms with Crippen molar-refractivity contribution in [3.8, 4) is 0 Å². The molecular formula is C12H20ClN3O. The number of carbonyl (C=O) groups excluding carboxylic acids is 1. The monoisotopic (exact) mass is 257 g/mol. The molecule has 1 heterocycles. The van der Waals surface area contributed by atoms with E-state index < -0.39 is 0 Å². The Morgan fingerprint density at radius 3 is 2.71 bits per heavy atom. The highest BCUT2D eigenvalue weighted by molar-refractivity contribution is 6.21. The summed E-state index contributed by atoms with van der Waals surface area (Å²) in [6.07, 6.45) is 2.62. The van der Waals surface area contributed by atoms with Gasteiger partial charge in [-0.15, -0.1) is 11.6 Å². The topological polar surface area (TPSA) is 46.9 Å². The second kappa shape index (κ2) is 6.05. The maximum atomic E-state index is 11.8. The molecule has 1 N–H and O–H groups in total. The van der Waals surface area contributed by atoms with Gasteiger partial charge in [-0.05, 0) is 19.3 Å². The van der Waals surface area contributed by atoms with Crippen molar-refractivity contribution in [1.82, 2.24) is 15.1 Å². The molecule has 0 spiro atoms. The summed E-state index contributed by atoms with van der Waals surface area (Å²) in [5.74, 6) is 0.430. The summed E-state index contributed by atoms with van der Waals surface area (Å²) in [7, 11) is 1.80. The van der Waals surface area contributed by atoms with Crippen LogP contribution in [0.15, 0.2) is 6.20 Å². The quantitative estimate of drug-likeness (QED) is 0.822. The number of alkyl halides is 1. The van der Waals surface area contributed by atoms with E-state index in [0.29, 0.717) is 18.0 Å². The Balaban J connectivity index is 2.47. The summed E-state index contributed by atoms with van der Waals surface area (Å²) >= 11 is 6.12. The van der Waals surface area contributed by atoms with Gasteiger partial charge in [0.05, 0.1) is 16.6 Å². The molecule has 0 aromatic carbocycles. The third-order valence-corrected chi connectivity index (χ3v) is 2.80. The first-order valence-corrected chi connectivity index (χ1v) is 6.26. The van der Waals surface area contributed by atoms with Crippen LogP contribution in [0.1, 0.15) is 36.3 Å². The molecule has 17 heavy (non-hydrogen) atoms. The molecule has 5 heteroatoms. The Labute approximate surface area is 107 Å². The van der Waals surface area contributed by atoms with Gasteiger partial charge in [-0.2, -0.15) is 5.10 Å². The minimum absolute atomic E-state index is 0.0177. The van der Waals surface area contributed by atoms with E-state index in [4.69, 9.17) is 11.6 Å². The van der Waals surface area contributed by atoms with Crippen LogP contribution >= 0.6 is 11.6 Å². The normalized spacial score (nSPS) is 12.8. The van der Waals surface area contributed by atoms with Gasteiger partial charge in [0, 0.05) is 19.8 Å². The molecule has 4 nitrogen and oxygen atoms in total. The molecule has 1 rings (SSSR count). The average Bonchev–Trinajstić information content (AvgIpc) is 2.53. The van der Waals surface area contributed by atoms with E-state index in [-0.39, 0.29) is 11.3 Å². The standard InChI is InChI=1S/C12H20ClN3O/c1-8(2)5-10(13)6-14-12(17)11-7-16(4)15-9(11)3/h7-8,10H,5-6H2,1-4H3,(H,14,17). The Morgan fingerprint density at radius 1 is 1.59 bits per heavy atom. The number of nitrogens with one attached hydrogen (secondary N) is 1. The highest BCUT2D eigenvalue weighted by Crippen LogP contribution is 2.10. The second-order valence-corrected chi connectivity index (χ2v) is 5.36. The molecule has 0 saturated carbocycles. The third-order valence-electron chi connectivity index (χ3n) is 2.47. The average molecular weight is 258 g/mol. The summed E-state index contributed by atoms with van der Waals surface area (Å²) in [5, 5.41) is 6.95. The summed E-state index contributed by atoms with van der Waals surface area (Å²) in [4.78, 5) is 11.8. The highest BCUT2D eigenvalue weighted by Gasteiger charge is 2.14. The van der Waals surface area contributed by atoms with Gasteiger partial charge in [-0.3, -0.25) is 9.48 Å². The molecule has 0 saturated heterocycles. The van der Waals surface area contributed by atoms with Gasteiger partial charge in [-0.1, -0.05) is 13.8 Å². The maximum Gasteiger partial charge on any atom is 0.254 e. The minimum atomic E-state index is -0.106. The summed E-state index contributed by atoms with van der Waals surface area (Å²) < 4.78 is 1.64. The van der Waals surface area contributed by atoms with Crippen LogP contribution in [0.3, 0.4) is 0 Å². The van der Waals surface area contributed by atoms with E-state index in [2.05, 4.69) is 24.3 Å². The van der Waals surface area contributed by atoms with Gasteiger partial charge in [0.25, 0.3) is 5.91 Å². The highest BCUT2D eigenvalue weighted by atomic mass is 35.5. The van der Waals surface area contributed by atoms with Crippen molar-refractivity contribution < 1.29 is 4.79 Å². The van der Waals surface area contributed by atoms with Gasteiger partial charge in [0.15, 0.2) is 0 Å². The number of nitrogens with zero attached hydrogens (tertiary/aromatic N) is 2. The first-order chi connectivity index (χ1) is 7.90. The first-order valence-electron chi connectivity index (χ1n) is 5.82. The van der Waals surface area contributed by atoms with Gasteiger partial charge in [-0.25, -0.2) is 0 Å². The second-order valence-electron chi connectivity index (χ2n) is 4.74. The van der Waals surface area contributed by atoms with E-state index >= 15 is 0 Å². The SMILES string of the molecule is Cc1nn(C)cc1C(=O)NCC(Cl)CC(C)C. The van der Waals surface area contributed by atoms with E-state index in [1.165, 1.54) is 0 Å². The van der Waals surface area contributed by atoms with Crippen molar-refractivity contribution in [3.05, 3.63) is 17.5 Å². The molecule has 1 unspecified atom stereocenters. The fraction of sp³-hybridized carbons (Fsp3) is 0.667. The Bertz CT molecular complexity index is 387. The first kappa shape index (κ1) is 14.0. The van der Waals surface area contributed by atoms with Crippen LogP contribution in [-0.4, -0.2) is 27.6 Å². The summed E-state index contributed by atoms with van der Waals surface area (Å²) in [5.41, 5.74) is 1.35. The molecule has 0 aliphatic rings. The van der Waals surface area contributed by atoms with Crippen LogP contribution < -0.4 is 5.32 Å². The lowest BCUT2D eigenvalue weighted by Gasteiger charge is -2.12. The molecule has 1 atom stereocenters. The van der Waals surface area contributed by atoms with Crippen molar-refractivity contribution in [1.29, 1.82) is 0 Å². The smallest absolute Gasteiger partial charge is 0.254 e. The lowest BCUT2D eigenvalue weighted by Crippen LogP contribution is -2.30. The zero-order valence-corrected chi connectivity index (χ0v) is 11.6.